The Morgan fingerprint density at radius 3 is 2.95 bits per heavy atom. The maximum absolute atomic E-state index is 5.79. The second kappa shape index (κ2) is 5.93. The van der Waals surface area contributed by atoms with E-state index in [1.165, 1.54) is 17.7 Å². The lowest BCUT2D eigenvalue weighted by Crippen LogP contribution is -2.25. The SMILES string of the molecule is CC(C)NCc1nnc(N(Cc2cccs2)C2CC2)o1. The van der Waals surface area contributed by atoms with Crippen LogP contribution < -0.4 is 10.2 Å². The largest absolute Gasteiger partial charge is 0.407 e. The molecule has 1 fully saturated rings. The maximum atomic E-state index is 5.79. The van der Waals surface area contributed by atoms with Crippen molar-refractivity contribution in [3.8, 4) is 0 Å². The summed E-state index contributed by atoms with van der Waals surface area (Å²) in [6.45, 7) is 5.69. The van der Waals surface area contributed by atoms with Crippen LogP contribution in [0.3, 0.4) is 0 Å². The second-order valence-corrected chi connectivity index (χ2v) is 6.48. The summed E-state index contributed by atoms with van der Waals surface area (Å²) in [7, 11) is 0. The van der Waals surface area contributed by atoms with Gasteiger partial charge >= 0.3 is 6.01 Å². The van der Waals surface area contributed by atoms with E-state index in [0.29, 0.717) is 30.5 Å². The maximum Gasteiger partial charge on any atom is 0.318 e. The van der Waals surface area contributed by atoms with Gasteiger partial charge in [0, 0.05) is 17.0 Å². The van der Waals surface area contributed by atoms with E-state index in [0.717, 1.165) is 6.54 Å². The van der Waals surface area contributed by atoms with Gasteiger partial charge < -0.3 is 14.6 Å². The van der Waals surface area contributed by atoms with Crippen LogP contribution in [0.5, 0.6) is 0 Å². The summed E-state index contributed by atoms with van der Waals surface area (Å²) < 4.78 is 5.79. The first-order valence-corrected chi connectivity index (χ1v) is 7.95. The molecule has 0 aromatic carbocycles. The third-order valence-electron chi connectivity index (χ3n) is 3.26. The Morgan fingerprint density at radius 1 is 1.45 bits per heavy atom. The van der Waals surface area contributed by atoms with Gasteiger partial charge in [0.1, 0.15) is 0 Å². The molecule has 0 bridgehead atoms. The molecule has 5 nitrogen and oxygen atoms in total. The fourth-order valence-corrected chi connectivity index (χ4v) is 2.74. The van der Waals surface area contributed by atoms with Gasteiger partial charge in [0.15, 0.2) is 0 Å². The summed E-state index contributed by atoms with van der Waals surface area (Å²) in [6, 6.07) is 5.86. The predicted octanol–water partition coefficient (Wildman–Crippen LogP) is 2.80. The number of aromatic nitrogens is 2. The highest BCUT2D eigenvalue weighted by Gasteiger charge is 2.32. The van der Waals surface area contributed by atoms with Crippen molar-refractivity contribution in [2.75, 3.05) is 4.90 Å². The van der Waals surface area contributed by atoms with Crippen LogP contribution in [0.2, 0.25) is 0 Å². The Labute approximate surface area is 123 Å². The molecule has 0 saturated heterocycles. The summed E-state index contributed by atoms with van der Waals surface area (Å²) in [6.07, 6.45) is 2.43. The molecule has 1 N–H and O–H groups in total. The van der Waals surface area contributed by atoms with E-state index in [4.69, 9.17) is 4.42 Å². The first kappa shape index (κ1) is 13.6. The zero-order valence-electron chi connectivity index (χ0n) is 11.9. The van der Waals surface area contributed by atoms with E-state index in [-0.39, 0.29) is 0 Å². The van der Waals surface area contributed by atoms with Crippen LogP contribution in [0.25, 0.3) is 0 Å². The lowest BCUT2D eigenvalue weighted by molar-refractivity contribution is 0.444. The fourth-order valence-electron chi connectivity index (χ4n) is 2.03. The number of thiophene rings is 1. The molecule has 0 atom stereocenters. The average molecular weight is 292 g/mol. The smallest absolute Gasteiger partial charge is 0.318 e. The number of anilines is 1. The molecule has 2 aromatic rings. The third-order valence-corrected chi connectivity index (χ3v) is 4.12. The van der Waals surface area contributed by atoms with Gasteiger partial charge in [-0.1, -0.05) is 25.0 Å². The van der Waals surface area contributed by atoms with Crippen LogP contribution in [0.4, 0.5) is 6.01 Å². The van der Waals surface area contributed by atoms with Gasteiger partial charge in [-0.3, -0.25) is 0 Å². The number of hydrogen-bond acceptors (Lipinski definition) is 6. The zero-order valence-corrected chi connectivity index (χ0v) is 12.7. The van der Waals surface area contributed by atoms with E-state index < -0.39 is 0 Å². The van der Waals surface area contributed by atoms with Crippen molar-refractivity contribution in [2.45, 2.75) is 51.9 Å². The molecule has 2 heterocycles. The van der Waals surface area contributed by atoms with Crippen molar-refractivity contribution in [2.24, 2.45) is 0 Å². The van der Waals surface area contributed by atoms with E-state index in [2.05, 4.69) is 51.8 Å². The van der Waals surface area contributed by atoms with E-state index >= 15 is 0 Å². The minimum Gasteiger partial charge on any atom is -0.407 e. The van der Waals surface area contributed by atoms with Crippen LogP contribution in [0.1, 0.15) is 37.5 Å². The van der Waals surface area contributed by atoms with Crippen molar-refractivity contribution in [3.05, 3.63) is 28.3 Å². The molecule has 0 spiro atoms. The Balaban J connectivity index is 1.68. The van der Waals surface area contributed by atoms with E-state index in [1.54, 1.807) is 11.3 Å². The van der Waals surface area contributed by atoms with Gasteiger partial charge in [-0.05, 0) is 24.3 Å². The van der Waals surface area contributed by atoms with Crippen molar-refractivity contribution in [3.63, 3.8) is 0 Å². The Bertz CT molecular complexity index is 533. The highest BCUT2D eigenvalue weighted by Crippen LogP contribution is 2.32. The van der Waals surface area contributed by atoms with Crippen LogP contribution in [0.15, 0.2) is 21.9 Å². The van der Waals surface area contributed by atoms with Gasteiger partial charge in [0.25, 0.3) is 0 Å². The van der Waals surface area contributed by atoms with Crippen LogP contribution >= 0.6 is 11.3 Å². The van der Waals surface area contributed by atoms with Crippen LogP contribution in [0, 0.1) is 0 Å². The summed E-state index contributed by atoms with van der Waals surface area (Å²) in [4.78, 5) is 3.56. The van der Waals surface area contributed by atoms with Gasteiger partial charge in [0.2, 0.25) is 5.89 Å². The van der Waals surface area contributed by atoms with Gasteiger partial charge in [-0.25, -0.2) is 0 Å². The minimum absolute atomic E-state index is 0.413. The van der Waals surface area contributed by atoms with E-state index in [1.807, 2.05) is 0 Å². The lowest BCUT2D eigenvalue weighted by atomic mass is 10.4. The molecule has 1 saturated carbocycles. The lowest BCUT2D eigenvalue weighted by Gasteiger charge is -2.18. The zero-order chi connectivity index (χ0) is 13.9. The van der Waals surface area contributed by atoms with Gasteiger partial charge in [0.05, 0.1) is 13.1 Å². The monoisotopic (exact) mass is 292 g/mol. The van der Waals surface area contributed by atoms with Crippen LogP contribution in [-0.4, -0.2) is 22.3 Å². The molecular formula is C14H20N4OS. The molecular weight excluding hydrogens is 272 g/mol. The van der Waals surface area contributed by atoms with Crippen molar-refractivity contribution in [1.82, 2.24) is 15.5 Å². The minimum atomic E-state index is 0.413. The molecule has 0 unspecified atom stereocenters. The highest BCUT2D eigenvalue weighted by molar-refractivity contribution is 7.09. The molecule has 1 aliphatic rings. The summed E-state index contributed by atoms with van der Waals surface area (Å²) in [5, 5.41) is 13.7. The molecule has 108 valence electrons. The first-order chi connectivity index (χ1) is 9.72. The topological polar surface area (TPSA) is 54.2 Å². The molecule has 0 amide bonds. The van der Waals surface area contributed by atoms with Gasteiger partial charge in [-0.15, -0.1) is 16.4 Å². The third kappa shape index (κ3) is 3.37. The molecule has 3 rings (SSSR count). The second-order valence-electron chi connectivity index (χ2n) is 5.45. The summed E-state index contributed by atoms with van der Waals surface area (Å²) in [5.41, 5.74) is 0. The normalized spacial score (nSPS) is 14.9. The van der Waals surface area contributed by atoms with Crippen molar-refractivity contribution < 1.29 is 4.42 Å². The molecule has 20 heavy (non-hydrogen) atoms. The molecule has 0 aliphatic heterocycles. The van der Waals surface area contributed by atoms with Crippen molar-refractivity contribution >= 4 is 17.4 Å². The van der Waals surface area contributed by atoms with E-state index in [9.17, 15) is 0 Å². The summed E-state index contributed by atoms with van der Waals surface area (Å²) >= 11 is 1.77. The molecule has 0 radical (unpaired) electrons. The fraction of sp³-hybridized carbons (Fsp3) is 0.571. The Hall–Kier alpha value is -1.40. The Kier molecular flexibility index (Phi) is 4.03. The van der Waals surface area contributed by atoms with Crippen LogP contribution in [-0.2, 0) is 13.1 Å². The standard InChI is InChI=1S/C14H20N4OS/c1-10(2)15-8-13-16-17-14(19-13)18(11-5-6-11)9-12-4-3-7-20-12/h3-4,7,10-11,15H,5-6,8-9H2,1-2H3. The predicted molar refractivity (Wildman–Crippen MR) is 79.8 cm³/mol. The molecule has 1 aliphatic carbocycles. The number of nitrogens with one attached hydrogen (secondary N) is 1. The van der Waals surface area contributed by atoms with Crippen molar-refractivity contribution in [1.29, 1.82) is 0 Å². The number of hydrogen-bond donors (Lipinski definition) is 1. The first-order valence-electron chi connectivity index (χ1n) is 7.07. The summed E-state index contributed by atoms with van der Waals surface area (Å²) in [5.74, 6) is 0.658. The number of nitrogens with zero attached hydrogens (tertiary/aromatic N) is 3. The Morgan fingerprint density at radius 2 is 2.30 bits per heavy atom. The van der Waals surface area contributed by atoms with Gasteiger partial charge in [-0.2, -0.15) is 0 Å². The highest BCUT2D eigenvalue weighted by atomic mass is 32.1. The quantitative estimate of drug-likeness (QED) is 0.850. The number of rotatable bonds is 7. The molecule has 6 heteroatoms. The average Bonchev–Trinajstić information content (AvgIpc) is 2.95. The molecule has 2 aromatic heterocycles.